The second kappa shape index (κ2) is 7.71. The van der Waals surface area contributed by atoms with Crippen LogP contribution in [-0.4, -0.2) is 44.0 Å². The van der Waals surface area contributed by atoms with Crippen LogP contribution in [0.15, 0.2) is 24.5 Å². The van der Waals surface area contributed by atoms with Gasteiger partial charge in [-0.15, -0.1) is 0 Å². The first-order valence-corrected chi connectivity index (χ1v) is 12.1. The summed E-state index contributed by atoms with van der Waals surface area (Å²) in [4.78, 5) is 20.2. The fourth-order valence-electron chi connectivity index (χ4n) is 5.76. The van der Waals surface area contributed by atoms with Gasteiger partial charge < -0.3 is 10.2 Å². The number of hydrogen-bond donors (Lipinski definition) is 2. The second-order valence-corrected chi connectivity index (χ2v) is 10.1. The van der Waals surface area contributed by atoms with Crippen LogP contribution in [0, 0.1) is 19.3 Å². The lowest BCUT2D eigenvalue weighted by Crippen LogP contribution is -2.33. The van der Waals surface area contributed by atoms with Crippen LogP contribution in [-0.2, 0) is 13.0 Å². The van der Waals surface area contributed by atoms with E-state index in [2.05, 4.69) is 44.6 Å². The Kier molecular flexibility index (Phi) is 4.78. The topological polar surface area (TPSA) is 91.7 Å². The number of aromatic nitrogens is 5. The normalized spacial score (nSPS) is 20.8. The van der Waals surface area contributed by atoms with Gasteiger partial charge in [0.2, 0.25) is 0 Å². The van der Waals surface area contributed by atoms with Gasteiger partial charge in [0.15, 0.2) is 0 Å². The lowest BCUT2D eigenvalue weighted by molar-refractivity contribution is 0.0936. The second-order valence-electron chi connectivity index (χ2n) is 10.1. The Balaban J connectivity index is 1.10. The van der Waals surface area contributed by atoms with Gasteiger partial charge in [-0.2, -0.15) is 10.2 Å². The molecule has 2 N–H and O–H groups in total. The first-order chi connectivity index (χ1) is 16.0. The van der Waals surface area contributed by atoms with E-state index in [0.717, 1.165) is 54.4 Å². The molecule has 0 unspecified atom stereocenters. The number of aromatic amines is 1. The molecule has 4 heterocycles. The van der Waals surface area contributed by atoms with Gasteiger partial charge in [0.1, 0.15) is 5.82 Å². The predicted molar refractivity (Wildman–Crippen MR) is 125 cm³/mol. The summed E-state index contributed by atoms with van der Waals surface area (Å²) >= 11 is 0. The van der Waals surface area contributed by atoms with E-state index >= 15 is 0 Å². The molecule has 6 rings (SSSR count). The molecule has 8 heteroatoms. The number of amides is 1. The summed E-state index contributed by atoms with van der Waals surface area (Å²) in [6, 6.07) is 4.26. The molecule has 2 fully saturated rings. The van der Waals surface area contributed by atoms with Crippen molar-refractivity contribution in [1.82, 2.24) is 30.3 Å². The van der Waals surface area contributed by atoms with Crippen LogP contribution in [0.2, 0.25) is 0 Å². The number of nitrogens with zero attached hydrogens (tertiary/aromatic N) is 5. The summed E-state index contributed by atoms with van der Waals surface area (Å²) in [5.74, 6) is 0.981. The number of rotatable bonds is 5. The predicted octanol–water partition coefficient (Wildman–Crippen LogP) is 3.46. The van der Waals surface area contributed by atoms with Crippen LogP contribution in [0.3, 0.4) is 0 Å². The fraction of sp³-hybridized carbons (Fsp3) is 0.520. The van der Waals surface area contributed by atoms with Crippen LogP contribution < -0.4 is 10.2 Å². The van der Waals surface area contributed by atoms with Crippen molar-refractivity contribution in [3.63, 3.8) is 0 Å². The molecule has 3 aromatic heterocycles. The largest absolute Gasteiger partial charge is 0.356 e. The minimum absolute atomic E-state index is 0.0375. The quantitative estimate of drug-likeness (QED) is 0.628. The number of carbonyl (C=O) groups excluding carboxylic acids is 1. The monoisotopic (exact) mass is 445 g/mol. The van der Waals surface area contributed by atoms with E-state index in [1.807, 2.05) is 17.8 Å². The molecule has 3 aliphatic rings. The molecule has 0 aromatic carbocycles. The molecular formula is C25H31N7O. The minimum atomic E-state index is -0.107. The van der Waals surface area contributed by atoms with Crippen molar-refractivity contribution in [3.05, 3.63) is 58.3 Å². The molecule has 33 heavy (non-hydrogen) atoms. The molecule has 172 valence electrons. The van der Waals surface area contributed by atoms with Gasteiger partial charge in [-0.05, 0) is 68.6 Å². The number of nitrogens with one attached hydrogen (secondary N) is 2. The summed E-state index contributed by atoms with van der Waals surface area (Å²) in [5.41, 5.74) is 6.58. The summed E-state index contributed by atoms with van der Waals surface area (Å²) in [7, 11) is 0. The van der Waals surface area contributed by atoms with Crippen molar-refractivity contribution in [1.29, 1.82) is 0 Å². The molecule has 2 aliphatic carbocycles. The number of carbonyl (C=O) groups is 1. The standard InChI is InChI=1S/C25H31N7O/c1-16-18(4-7-22(27-16)31-11-10-25(15-31)8-3-9-25)13-32-14-19(12-26-32)24(33)28-21-6-5-20-17(2)29-30-23(20)21/h4,7,12,14,21H,3,5-6,8-11,13,15H2,1-2H3,(H,28,33)(H,29,30)/t21-/m1/s1. The first-order valence-electron chi connectivity index (χ1n) is 12.1. The van der Waals surface area contributed by atoms with Gasteiger partial charge in [-0.25, -0.2) is 4.98 Å². The lowest BCUT2D eigenvalue weighted by Gasteiger charge is -2.38. The molecule has 3 aromatic rings. The summed E-state index contributed by atoms with van der Waals surface area (Å²) < 4.78 is 1.82. The summed E-state index contributed by atoms with van der Waals surface area (Å²) in [6.07, 6.45) is 10.7. The van der Waals surface area contributed by atoms with Crippen LogP contribution in [0.4, 0.5) is 5.82 Å². The smallest absolute Gasteiger partial charge is 0.255 e. The molecule has 1 saturated carbocycles. The number of anilines is 1. The van der Waals surface area contributed by atoms with E-state index < -0.39 is 0 Å². The highest BCUT2D eigenvalue weighted by Crippen LogP contribution is 2.48. The Morgan fingerprint density at radius 1 is 1.27 bits per heavy atom. The molecule has 1 aliphatic heterocycles. The fourth-order valence-corrected chi connectivity index (χ4v) is 5.76. The Labute approximate surface area is 193 Å². The van der Waals surface area contributed by atoms with Crippen molar-refractivity contribution in [2.45, 2.75) is 65.0 Å². The minimum Gasteiger partial charge on any atom is -0.356 e. The third-order valence-electron chi connectivity index (χ3n) is 8.01. The number of H-pyrrole nitrogens is 1. The third kappa shape index (κ3) is 3.61. The third-order valence-corrected chi connectivity index (χ3v) is 8.01. The van der Waals surface area contributed by atoms with E-state index in [4.69, 9.17) is 4.98 Å². The molecule has 8 nitrogen and oxygen atoms in total. The van der Waals surface area contributed by atoms with Crippen LogP contribution in [0.5, 0.6) is 0 Å². The van der Waals surface area contributed by atoms with Crippen molar-refractivity contribution in [3.8, 4) is 0 Å². The highest BCUT2D eigenvalue weighted by atomic mass is 16.1. The zero-order valence-electron chi connectivity index (χ0n) is 19.4. The molecule has 0 radical (unpaired) electrons. The molecule has 1 spiro atoms. The Bertz CT molecular complexity index is 1210. The Morgan fingerprint density at radius 2 is 2.15 bits per heavy atom. The number of fused-ring (bicyclic) bond motifs is 1. The van der Waals surface area contributed by atoms with Crippen molar-refractivity contribution in [2.24, 2.45) is 5.41 Å². The first kappa shape index (κ1) is 20.4. The maximum atomic E-state index is 12.8. The molecule has 1 amide bonds. The SMILES string of the molecule is Cc1nc(N2CCC3(CCC3)C2)ccc1Cn1cc(C(=O)N[C@@H]2CCc3c2n[nH]c3C)cn1. The molecule has 1 saturated heterocycles. The highest BCUT2D eigenvalue weighted by Gasteiger charge is 2.43. The Morgan fingerprint density at radius 3 is 2.91 bits per heavy atom. The van der Waals surface area contributed by atoms with Crippen molar-refractivity contribution < 1.29 is 4.79 Å². The van der Waals surface area contributed by atoms with Gasteiger partial charge in [0.25, 0.3) is 5.91 Å². The lowest BCUT2D eigenvalue weighted by atomic mass is 9.68. The summed E-state index contributed by atoms with van der Waals surface area (Å²) in [6.45, 7) is 6.96. The maximum absolute atomic E-state index is 12.8. The zero-order valence-corrected chi connectivity index (χ0v) is 19.4. The van der Waals surface area contributed by atoms with Crippen LogP contribution in [0.25, 0.3) is 0 Å². The van der Waals surface area contributed by atoms with E-state index in [0.29, 0.717) is 17.5 Å². The van der Waals surface area contributed by atoms with E-state index in [-0.39, 0.29) is 11.9 Å². The maximum Gasteiger partial charge on any atom is 0.255 e. The van der Waals surface area contributed by atoms with Gasteiger partial charge in [-0.3, -0.25) is 14.6 Å². The van der Waals surface area contributed by atoms with E-state index in [1.54, 1.807) is 6.20 Å². The molecular weight excluding hydrogens is 414 g/mol. The number of aryl methyl sites for hydroxylation is 2. The van der Waals surface area contributed by atoms with Crippen LogP contribution in [0.1, 0.15) is 76.7 Å². The Hall–Kier alpha value is -3.16. The number of hydrogen-bond acceptors (Lipinski definition) is 5. The average molecular weight is 446 g/mol. The van der Waals surface area contributed by atoms with Crippen molar-refractivity contribution >= 4 is 11.7 Å². The van der Waals surface area contributed by atoms with Gasteiger partial charge in [0, 0.05) is 30.7 Å². The van der Waals surface area contributed by atoms with Crippen molar-refractivity contribution in [2.75, 3.05) is 18.0 Å². The average Bonchev–Trinajstić information content (AvgIpc) is 3.55. The highest BCUT2D eigenvalue weighted by molar-refractivity contribution is 5.94. The van der Waals surface area contributed by atoms with Gasteiger partial charge in [0.05, 0.1) is 30.0 Å². The van der Waals surface area contributed by atoms with Gasteiger partial charge >= 0.3 is 0 Å². The molecule has 0 bridgehead atoms. The van der Waals surface area contributed by atoms with E-state index in [1.165, 1.54) is 31.2 Å². The summed E-state index contributed by atoms with van der Waals surface area (Å²) in [5, 5.41) is 14.9. The van der Waals surface area contributed by atoms with E-state index in [9.17, 15) is 4.79 Å². The zero-order chi connectivity index (χ0) is 22.6. The number of pyridine rings is 1. The van der Waals surface area contributed by atoms with Crippen LogP contribution >= 0.6 is 0 Å². The molecule has 1 atom stereocenters. The van der Waals surface area contributed by atoms with Gasteiger partial charge in [-0.1, -0.05) is 12.5 Å².